The minimum Gasteiger partial charge on any atom is -0.380 e. The van der Waals surface area contributed by atoms with Crippen molar-refractivity contribution in [3.8, 4) is 0 Å². The van der Waals surface area contributed by atoms with Crippen LogP contribution in [0.15, 0.2) is 29.6 Å². The van der Waals surface area contributed by atoms with Gasteiger partial charge in [0, 0.05) is 29.7 Å². The predicted octanol–water partition coefficient (Wildman–Crippen LogP) is 3.34. The highest BCUT2D eigenvalue weighted by molar-refractivity contribution is 7.10. The number of thiophene rings is 1. The van der Waals surface area contributed by atoms with Crippen LogP contribution in [0, 0.1) is 13.8 Å². The topological polar surface area (TPSA) is 41.1 Å². The third-order valence-corrected chi connectivity index (χ3v) is 4.15. The molecule has 0 aliphatic carbocycles. The standard InChI is InChI=1S/C15H18N2OS/c1-10-6-7-19-14(10)9-17-13-5-4-12(8-11(13)2)15(18)16-3/h4-8,17H,9H2,1-3H3,(H,16,18). The SMILES string of the molecule is CNC(=O)c1ccc(NCc2sccc2C)c(C)c1. The summed E-state index contributed by atoms with van der Waals surface area (Å²) in [5.41, 5.74) is 4.16. The van der Waals surface area contributed by atoms with Crippen molar-refractivity contribution in [2.24, 2.45) is 0 Å². The smallest absolute Gasteiger partial charge is 0.251 e. The molecule has 0 radical (unpaired) electrons. The summed E-state index contributed by atoms with van der Waals surface area (Å²) in [6.07, 6.45) is 0. The molecule has 19 heavy (non-hydrogen) atoms. The van der Waals surface area contributed by atoms with Crippen LogP contribution in [-0.4, -0.2) is 13.0 Å². The first-order valence-electron chi connectivity index (χ1n) is 6.21. The van der Waals surface area contributed by atoms with Crippen LogP contribution in [0.3, 0.4) is 0 Å². The molecule has 2 rings (SSSR count). The molecule has 0 fully saturated rings. The second-order valence-electron chi connectivity index (χ2n) is 4.49. The van der Waals surface area contributed by atoms with E-state index in [2.05, 4.69) is 29.0 Å². The van der Waals surface area contributed by atoms with Crippen molar-refractivity contribution in [1.82, 2.24) is 5.32 Å². The highest BCUT2D eigenvalue weighted by Crippen LogP contribution is 2.20. The van der Waals surface area contributed by atoms with Crippen LogP contribution in [0.1, 0.15) is 26.4 Å². The van der Waals surface area contributed by atoms with Crippen molar-refractivity contribution in [3.05, 3.63) is 51.2 Å². The maximum absolute atomic E-state index is 11.5. The summed E-state index contributed by atoms with van der Waals surface area (Å²) in [5, 5.41) is 8.16. The van der Waals surface area contributed by atoms with E-state index in [9.17, 15) is 4.79 Å². The van der Waals surface area contributed by atoms with Crippen LogP contribution in [0.25, 0.3) is 0 Å². The van der Waals surface area contributed by atoms with Gasteiger partial charge in [0.05, 0.1) is 0 Å². The van der Waals surface area contributed by atoms with Crippen molar-refractivity contribution in [2.45, 2.75) is 20.4 Å². The maximum Gasteiger partial charge on any atom is 0.251 e. The highest BCUT2D eigenvalue weighted by Gasteiger charge is 2.06. The van der Waals surface area contributed by atoms with E-state index in [4.69, 9.17) is 0 Å². The second kappa shape index (κ2) is 5.89. The molecular formula is C15H18N2OS. The van der Waals surface area contributed by atoms with E-state index in [-0.39, 0.29) is 5.91 Å². The molecule has 0 spiro atoms. The lowest BCUT2D eigenvalue weighted by Gasteiger charge is -2.10. The molecule has 1 heterocycles. The predicted molar refractivity (Wildman–Crippen MR) is 81.0 cm³/mol. The Morgan fingerprint density at radius 1 is 1.21 bits per heavy atom. The normalized spacial score (nSPS) is 10.3. The lowest BCUT2D eigenvalue weighted by molar-refractivity contribution is 0.0963. The van der Waals surface area contributed by atoms with Crippen molar-refractivity contribution < 1.29 is 4.79 Å². The van der Waals surface area contributed by atoms with Crippen LogP contribution in [0.5, 0.6) is 0 Å². The number of hydrogen-bond acceptors (Lipinski definition) is 3. The Labute approximate surface area is 117 Å². The fraction of sp³-hybridized carbons (Fsp3) is 0.267. The number of amides is 1. The van der Waals surface area contributed by atoms with Gasteiger partial charge in [0.25, 0.3) is 5.91 Å². The van der Waals surface area contributed by atoms with E-state index in [0.29, 0.717) is 5.56 Å². The first-order chi connectivity index (χ1) is 9.11. The van der Waals surface area contributed by atoms with Crippen LogP contribution in [0.4, 0.5) is 5.69 Å². The molecule has 100 valence electrons. The molecule has 1 aromatic heterocycles. The van der Waals surface area contributed by atoms with Gasteiger partial charge >= 0.3 is 0 Å². The molecule has 0 unspecified atom stereocenters. The fourth-order valence-electron chi connectivity index (χ4n) is 1.91. The lowest BCUT2D eigenvalue weighted by atomic mass is 10.1. The molecule has 0 aliphatic heterocycles. The number of nitrogens with one attached hydrogen (secondary N) is 2. The molecule has 0 aliphatic rings. The molecule has 0 bridgehead atoms. The Hall–Kier alpha value is -1.81. The maximum atomic E-state index is 11.5. The monoisotopic (exact) mass is 274 g/mol. The first kappa shape index (κ1) is 13.6. The zero-order chi connectivity index (χ0) is 13.8. The average Bonchev–Trinajstić information content (AvgIpc) is 2.82. The van der Waals surface area contributed by atoms with Gasteiger partial charge in [-0.2, -0.15) is 0 Å². The van der Waals surface area contributed by atoms with E-state index in [1.54, 1.807) is 18.4 Å². The summed E-state index contributed by atoms with van der Waals surface area (Å²) in [6, 6.07) is 7.84. The molecule has 0 saturated heterocycles. The van der Waals surface area contributed by atoms with Crippen LogP contribution >= 0.6 is 11.3 Å². The second-order valence-corrected chi connectivity index (χ2v) is 5.49. The molecule has 0 saturated carbocycles. The van der Waals surface area contributed by atoms with Gasteiger partial charge in [-0.05, 0) is 54.6 Å². The number of carbonyl (C=O) groups excluding carboxylic acids is 1. The molecule has 2 N–H and O–H groups in total. The summed E-state index contributed by atoms with van der Waals surface area (Å²) in [7, 11) is 1.64. The van der Waals surface area contributed by atoms with E-state index in [0.717, 1.165) is 17.8 Å². The van der Waals surface area contributed by atoms with Crippen LogP contribution in [0.2, 0.25) is 0 Å². The lowest BCUT2D eigenvalue weighted by Crippen LogP contribution is -2.17. The number of carbonyl (C=O) groups is 1. The van der Waals surface area contributed by atoms with Gasteiger partial charge in [0.15, 0.2) is 0 Å². The van der Waals surface area contributed by atoms with Crippen molar-refractivity contribution >= 4 is 22.9 Å². The van der Waals surface area contributed by atoms with E-state index < -0.39 is 0 Å². The Bertz CT molecular complexity index is 590. The Morgan fingerprint density at radius 3 is 2.58 bits per heavy atom. The third-order valence-electron chi connectivity index (χ3n) is 3.12. The molecule has 1 amide bonds. The molecule has 4 heteroatoms. The van der Waals surface area contributed by atoms with Crippen LogP contribution < -0.4 is 10.6 Å². The van der Waals surface area contributed by atoms with Crippen LogP contribution in [-0.2, 0) is 6.54 Å². The summed E-state index contributed by atoms with van der Waals surface area (Å²) < 4.78 is 0. The van der Waals surface area contributed by atoms with Gasteiger partial charge in [-0.25, -0.2) is 0 Å². The number of benzene rings is 1. The average molecular weight is 274 g/mol. The first-order valence-corrected chi connectivity index (χ1v) is 7.09. The number of hydrogen-bond donors (Lipinski definition) is 2. The van der Waals surface area contributed by atoms with Gasteiger partial charge in [0.1, 0.15) is 0 Å². The van der Waals surface area contributed by atoms with Gasteiger partial charge in [-0.15, -0.1) is 11.3 Å². The Morgan fingerprint density at radius 2 is 2.00 bits per heavy atom. The highest BCUT2D eigenvalue weighted by atomic mass is 32.1. The fourth-order valence-corrected chi connectivity index (χ4v) is 2.75. The molecule has 1 aromatic carbocycles. The van der Waals surface area contributed by atoms with Crippen molar-refractivity contribution in [1.29, 1.82) is 0 Å². The summed E-state index contributed by atoms with van der Waals surface area (Å²) in [4.78, 5) is 12.9. The van der Waals surface area contributed by atoms with Crippen molar-refractivity contribution in [2.75, 3.05) is 12.4 Å². The molecule has 2 aromatic rings. The largest absolute Gasteiger partial charge is 0.380 e. The molecular weight excluding hydrogens is 256 g/mol. The zero-order valence-corrected chi connectivity index (χ0v) is 12.2. The van der Waals surface area contributed by atoms with Gasteiger partial charge in [0.2, 0.25) is 0 Å². The van der Waals surface area contributed by atoms with E-state index in [1.807, 2.05) is 25.1 Å². The summed E-state index contributed by atoms with van der Waals surface area (Å²) in [6.45, 7) is 4.95. The van der Waals surface area contributed by atoms with Crippen molar-refractivity contribution in [3.63, 3.8) is 0 Å². The summed E-state index contributed by atoms with van der Waals surface area (Å²) >= 11 is 1.76. The Balaban J connectivity index is 2.09. The minimum atomic E-state index is -0.0521. The van der Waals surface area contributed by atoms with E-state index in [1.165, 1.54) is 10.4 Å². The van der Waals surface area contributed by atoms with Gasteiger partial charge in [-0.1, -0.05) is 0 Å². The molecule has 0 atom stereocenters. The quantitative estimate of drug-likeness (QED) is 0.898. The van der Waals surface area contributed by atoms with Gasteiger partial charge in [-0.3, -0.25) is 4.79 Å². The minimum absolute atomic E-state index is 0.0521. The number of rotatable bonds is 4. The number of anilines is 1. The zero-order valence-electron chi connectivity index (χ0n) is 11.4. The number of aryl methyl sites for hydroxylation is 2. The van der Waals surface area contributed by atoms with Gasteiger partial charge < -0.3 is 10.6 Å². The molecule has 3 nitrogen and oxygen atoms in total. The summed E-state index contributed by atoms with van der Waals surface area (Å²) in [5.74, 6) is -0.0521. The third kappa shape index (κ3) is 3.15. The Kier molecular flexibility index (Phi) is 4.22. The van der Waals surface area contributed by atoms with E-state index >= 15 is 0 Å².